The summed E-state index contributed by atoms with van der Waals surface area (Å²) in [5.74, 6) is 0. The fourth-order valence-electron chi connectivity index (χ4n) is 4.09. The number of nitro benzene ring substituents is 1. The molecule has 0 atom stereocenters. The van der Waals surface area contributed by atoms with E-state index in [1.807, 2.05) is 54.6 Å². The summed E-state index contributed by atoms with van der Waals surface area (Å²) in [5.41, 5.74) is 0.0109. The first-order chi connectivity index (χ1) is 16.1. The molecule has 7 heteroatoms. The summed E-state index contributed by atoms with van der Waals surface area (Å²) in [5, 5.41) is 20.5. The molecule has 0 aliphatic heterocycles. The zero-order valence-electron chi connectivity index (χ0n) is 17.8. The van der Waals surface area contributed by atoms with Gasteiger partial charge in [-0.1, -0.05) is 0 Å². The molecule has 0 spiro atoms. The molecule has 4 aromatic carbocycles. The Bertz CT molecular complexity index is 1140. The van der Waals surface area contributed by atoms with Crippen molar-refractivity contribution in [3.05, 3.63) is 125 Å². The summed E-state index contributed by atoms with van der Waals surface area (Å²) < 4.78 is 0. The molecule has 0 fully saturated rings. The predicted molar refractivity (Wildman–Crippen MR) is 137 cm³/mol. The van der Waals surface area contributed by atoms with Crippen molar-refractivity contribution in [2.24, 2.45) is 0 Å². The van der Waals surface area contributed by atoms with Gasteiger partial charge in [0.05, 0.1) is 0 Å². The van der Waals surface area contributed by atoms with Crippen molar-refractivity contribution < 1.29 is 9.72 Å². The first-order valence-electron chi connectivity index (χ1n) is 10.6. The van der Waals surface area contributed by atoms with Gasteiger partial charge in [-0.05, 0) is 0 Å². The Morgan fingerprint density at radius 3 is 1.58 bits per heavy atom. The number of nitro groups is 1. The molecule has 166 valence electrons. The fraction of sp³-hybridized carbons (Fsp3) is 0.0385. The molecule has 0 bridgehead atoms. The number of hydrogen-bond donors (Lipinski definition) is 2. The van der Waals surface area contributed by atoms with E-state index in [0.29, 0.717) is 6.29 Å². The molecule has 33 heavy (non-hydrogen) atoms. The van der Waals surface area contributed by atoms with Gasteiger partial charge in [-0.15, -0.1) is 0 Å². The topological polar surface area (TPSA) is 84.3 Å². The number of para-hydroxylation sites is 2. The number of amides is 2. The van der Waals surface area contributed by atoms with Crippen LogP contribution in [0.1, 0.15) is 0 Å². The van der Waals surface area contributed by atoms with Crippen LogP contribution in [0.5, 0.6) is 0 Å². The molecule has 0 saturated carbocycles. The Kier molecular flexibility index (Phi) is 6.77. The van der Waals surface area contributed by atoms with E-state index in [4.69, 9.17) is 0 Å². The van der Waals surface area contributed by atoms with Crippen LogP contribution in [0.3, 0.4) is 0 Å². The Labute approximate surface area is 192 Å². The standard InChI is InChI=1S/C26H24N3O3P/c30-26(28-24-18-10-11-19-25(24)29(31)32)27-20-33(21-12-4-1-5-13-21,22-14-6-2-7-15-22)23-16-8-3-9-17-23/h1-19,33H,20H2,(H2,27,28,30). The van der Waals surface area contributed by atoms with Crippen molar-refractivity contribution >= 4 is 40.6 Å². The van der Waals surface area contributed by atoms with E-state index in [9.17, 15) is 14.9 Å². The van der Waals surface area contributed by atoms with Gasteiger partial charge in [-0.25, -0.2) is 0 Å². The van der Waals surface area contributed by atoms with Gasteiger partial charge >= 0.3 is 193 Å². The molecule has 0 unspecified atom stereocenters. The normalized spacial score (nSPS) is 11.4. The third-order valence-electron chi connectivity index (χ3n) is 5.66. The van der Waals surface area contributed by atoms with Crippen molar-refractivity contribution in [2.75, 3.05) is 11.6 Å². The fourth-order valence-corrected chi connectivity index (χ4v) is 8.41. The zero-order valence-corrected chi connectivity index (χ0v) is 18.8. The first kappa shape index (κ1) is 22.2. The third-order valence-corrected chi connectivity index (χ3v) is 10.3. The number of rotatable bonds is 7. The molecule has 2 N–H and O–H groups in total. The molecule has 4 rings (SSSR count). The Morgan fingerprint density at radius 1 is 0.697 bits per heavy atom. The van der Waals surface area contributed by atoms with E-state index in [1.165, 1.54) is 12.1 Å². The number of nitrogens with zero attached hydrogens (tertiary/aromatic N) is 1. The summed E-state index contributed by atoms with van der Waals surface area (Å²) in [7, 11) is -2.65. The van der Waals surface area contributed by atoms with E-state index in [0.717, 1.165) is 15.9 Å². The third kappa shape index (κ3) is 4.76. The van der Waals surface area contributed by atoms with E-state index in [1.54, 1.807) is 12.1 Å². The van der Waals surface area contributed by atoms with Crippen LogP contribution in [-0.4, -0.2) is 17.2 Å². The first-order valence-corrected chi connectivity index (χ1v) is 12.8. The van der Waals surface area contributed by atoms with Crippen LogP contribution in [0.4, 0.5) is 16.2 Å². The second kappa shape index (κ2) is 10.1. The minimum absolute atomic E-state index is 0.148. The summed E-state index contributed by atoms with van der Waals surface area (Å²) in [6.45, 7) is 0. The average Bonchev–Trinajstić information content (AvgIpc) is 2.87. The van der Waals surface area contributed by atoms with Gasteiger partial charge in [0, 0.05) is 0 Å². The molecule has 4 aromatic rings. The Morgan fingerprint density at radius 2 is 1.12 bits per heavy atom. The number of carbonyl (C=O) groups excluding carboxylic acids is 1. The molecule has 0 heterocycles. The average molecular weight is 457 g/mol. The quantitative estimate of drug-likeness (QED) is 0.245. The SMILES string of the molecule is O=C(NC[PH](c1ccccc1)(c1ccccc1)c1ccccc1)Nc1ccccc1[N+](=O)[O-]. The number of nitrogens with one attached hydrogen (secondary N) is 2. The van der Waals surface area contributed by atoms with Gasteiger partial charge in [0.2, 0.25) is 0 Å². The van der Waals surface area contributed by atoms with Crippen molar-refractivity contribution in [1.82, 2.24) is 5.32 Å². The Hall–Kier alpha value is -4.02. The van der Waals surface area contributed by atoms with Crippen molar-refractivity contribution in [3.63, 3.8) is 0 Å². The van der Waals surface area contributed by atoms with Gasteiger partial charge < -0.3 is 0 Å². The molecular formula is C26H24N3O3P. The van der Waals surface area contributed by atoms with Crippen LogP contribution in [0, 0.1) is 10.1 Å². The number of anilines is 1. The van der Waals surface area contributed by atoms with Crippen LogP contribution < -0.4 is 26.5 Å². The molecule has 0 radical (unpaired) electrons. The van der Waals surface area contributed by atoms with Crippen LogP contribution in [0.15, 0.2) is 115 Å². The van der Waals surface area contributed by atoms with E-state index in [2.05, 4.69) is 47.0 Å². The second-order valence-corrected chi connectivity index (χ2v) is 11.5. The molecule has 0 aromatic heterocycles. The zero-order chi connectivity index (χ0) is 23.1. The summed E-state index contributed by atoms with van der Waals surface area (Å²) in [6.07, 6.45) is 0.386. The van der Waals surface area contributed by atoms with Crippen LogP contribution in [0.2, 0.25) is 0 Å². The maximum atomic E-state index is 12.9. The number of carbonyl (C=O) groups is 1. The Balaban J connectivity index is 1.72. The molecule has 0 aliphatic carbocycles. The molecular weight excluding hydrogens is 433 g/mol. The van der Waals surface area contributed by atoms with E-state index in [-0.39, 0.29) is 11.4 Å². The van der Waals surface area contributed by atoms with Crippen molar-refractivity contribution in [2.45, 2.75) is 0 Å². The molecule has 6 nitrogen and oxygen atoms in total. The number of urea groups is 1. The molecule has 0 saturated heterocycles. The second-order valence-electron chi connectivity index (χ2n) is 7.59. The number of hydrogen-bond acceptors (Lipinski definition) is 3. The van der Waals surface area contributed by atoms with Gasteiger partial charge in [-0.3, -0.25) is 0 Å². The van der Waals surface area contributed by atoms with E-state index < -0.39 is 18.2 Å². The predicted octanol–water partition coefficient (Wildman–Crippen LogP) is 4.40. The van der Waals surface area contributed by atoms with Gasteiger partial charge in [-0.2, -0.15) is 0 Å². The van der Waals surface area contributed by atoms with Crippen LogP contribution in [0.25, 0.3) is 0 Å². The van der Waals surface area contributed by atoms with Crippen molar-refractivity contribution in [3.8, 4) is 0 Å². The van der Waals surface area contributed by atoms with Crippen LogP contribution in [-0.2, 0) is 0 Å². The van der Waals surface area contributed by atoms with Gasteiger partial charge in [0.1, 0.15) is 0 Å². The van der Waals surface area contributed by atoms with Crippen LogP contribution >= 0.6 is 7.26 Å². The summed E-state index contributed by atoms with van der Waals surface area (Å²) >= 11 is 0. The maximum absolute atomic E-state index is 12.9. The summed E-state index contributed by atoms with van der Waals surface area (Å²) in [4.78, 5) is 23.7. The van der Waals surface area contributed by atoms with Gasteiger partial charge in [0.15, 0.2) is 0 Å². The molecule has 0 aliphatic rings. The monoisotopic (exact) mass is 457 g/mol. The van der Waals surface area contributed by atoms with Gasteiger partial charge in [0.25, 0.3) is 0 Å². The summed E-state index contributed by atoms with van der Waals surface area (Å²) in [6, 6.07) is 36.3. The van der Waals surface area contributed by atoms with Crippen molar-refractivity contribution in [1.29, 1.82) is 0 Å². The molecule has 2 amide bonds. The minimum atomic E-state index is -2.65. The van der Waals surface area contributed by atoms with E-state index >= 15 is 0 Å². The number of benzene rings is 4.